The molecule has 0 rings (SSSR count). The Morgan fingerprint density at radius 2 is 2.00 bits per heavy atom. The average Bonchev–Trinajstić information content (AvgIpc) is 2.23. The van der Waals surface area contributed by atoms with E-state index in [9.17, 15) is 9.59 Å². The second-order valence-corrected chi connectivity index (χ2v) is 4.37. The molecule has 0 aliphatic carbocycles. The molecule has 0 aromatic heterocycles. The second-order valence-electron chi connectivity index (χ2n) is 4.37. The first-order valence-electron chi connectivity index (χ1n) is 6.07. The quantitative estimate of drug-likeness (QED) is 0.376. The van der Waals surface area contributed by atoms with Gasteiger partial charge >= 0.3 is 5.97 Å². The number of allylic oxidation sites excluding steroid dienone is 2. The first kappa shape index (κ1) is 16.3. The highest BCUT2D eigenvalue weighted by Gasteiger charge is 2.02. The molecule has 0 fully saturated rings. The van der Waals surface area contributed by atoms with Gasteiger partial charge in [-0.1, -0.05) is 5.57 Å². The van der Waals surface area contributed by atoms with Crippen LogP contribution in [0.2, 0.25) is 0 Å². The topological polar surface area (TPSA) is 66.4 Å². The summed E-state index contributed by atoms with van der Waals surface area (Å²) < 4.78 is 0. The first-order chi connectivity index (χ1) is 8.41. The Hall–Kier alpha value is -1.71. The smallest absolute Gasteiger partial charge is 0.303 e. The monoisotopic (exact) mass is 252 g/mol. The Bertz CT molecular complexity index is 332. The summed E-state index contributed by atoms with van der Waals surface area (Å²) in [5.74, 6) is -1.00. The van der Waals surface area contributed by atoms with Crippen molar-refractivity contribution in [3.8, 4) is 0 Å². The number of carboxylic acids is 1. The molecule has 100 valence electrons. The molecule has 0 radical (unpaired) electrons. The molecule has 1 amide bonds. The number of hydrogen-bond donors (Lipinski definition) is 2. The Balaban J connectivity index is 3.76. The number of aliphatic carboxylic acids is 1. The minimum atomic E-state index is -0.841. The standard InChI is InChI=1S/C14H21NO3/c1-11(2)6-4-7-12(3)10-13(16)15-9-5-8-14(17)18/h6,10H,1,4-5,7-9H2,2-3H3,(H-,15,16,17,18)/p+1/b12-10+. The van der Waals surface area contributed by atoms with E-state index in [-0.39, 0.29) is 12.3 Å². The lowest BCUT2D eigenvalue weighted by atomic mass is 10.1. The van der Waals surface area contributed by atoms with Crippen LogP contribution in [0.15, 0.2) is 23.8 Å². The van der Waals surface area contributed by atoms with Gasteiger partial charge in [-0.3, -0.25) is 9.59 Å². The molecule has 18 heavy (non-hydrogen) atoms. The van der Waals surface area contributed by atoms with Crippen LogP contribution in [0.25, 0.3) is 0 Å². The van der Waals surface area contributed by atoms with Crippen molar-refractivity contribution in [1.82, 2.24) is 5.32 Å². The molecular weight excluding hydrogens is 230 g/mol. The molecule has 0 saturated carbocycles. The van der Waals surface area contributed by atoms with E-state index in [2.05, 4.69) is 11.9 Å². The summed E-state index contributed by atoms with van der Waals surface area (Å²) in [7, 11) is 0. The van der Waals surface area contributed by atoms with Crippen LogP contribution < -0.4 is 5.32 Å². The van der Waals surface area contributed by atoms with E-state index in [1.807, 2.05) is 20.3 Å². The first-order valence-corrected chi connectivity index (χ1v) is 6.07. The van der Waals surface area contributed by atoms with Crippen LogP contribution in [0.5, 0.6) is 0 Å². The zero-order valence-corrected chi connectivity index (χ0v) is 11.2. The number of nitrogens with one attached hydrogen (secondary N) is 1. The normalized spacial score (nSPS) is 10.9. The lowest BCUT2D eigenvalue weighted by molar-refractivity contribution is -0.137. The van der Waals surface area contributed by atoms with Gasteiger partial charge in [-0.15, -0.1) is 0 Å². The van der Waals surface area contributed by atoms with Crippen molar-refractivity contribution in [3.05, 3.63) is 30.2 Å². The molecular formula is C14H22NO3+. The van der Waals surface area contributed by atoms with E-state index >= 15 is 0 Å². The largest absolute Gasteiger partial charge is 0.481 e. The maximum atomic E-state index is 11.4. The number of carbonyl (C=O) groups is 2. The average molecular weight is 252 g/mol. The van der Waals surface area contributed by atoms with Crippen LogP contribution in [0.1, 0.15) is 39.5 Å². The molecule has 0 unspecified atom stereocenters. The molecule has 0 bridgehead atoms. The van der Waals surface area contributed by atoms with Crippen molar-refractivity contribution < 1.29 is 14.7 Å². The lowest BCUT2D eigenvalue weighted by Crippen LogP contribution is -2.23. The third-order valence-corrected chi connectivity index (χ3v) is 2.28. The van der Waals surface area contributed by atoms with Crippen molar-refractivity contribution in [2.75, 3.05) is 6.54 Å². The fraction of sp³-hybridized carbons (Fsp3) is 0.500. The lowest BCUT2D eigenvalue weighted by Gasteiger charge is -2.02. The van der Waals surface area contributed by atoms with Gasteiger partial charge in [-0.2, -0.15) is 0 Å². The molecule has 4 nitrogen and oxygen atoms in total. The molecule has 4 heteroatoms. The highest BCUT2D eigenvalue weighted by Crippen LogP contribution is 2.08. The van der Waals surface area contributed by atoms with E-state index in [1.165, 1.54) is 0 Å². The van der Waals surface area contributed by atoms with E-state index in [1.54, 1.807) is 6.08 Å². The molecule has 2 N–H and O–H groups in total. The van der Waals surface area contributed by atoms with E-state index in [4.69, 9.17) is 5.11 Å². The Labute approximate surface area is 109 Å². The summed E-state index contributed by atoms with van der Waals surface area (Å²) in [4.78, 5) is 21.7. The summed E-state index contributed by atoms with van der Waals surface area (Å²) in [6.45, 7) is 8.01. The predicted molar refractivity (Wildman–Crippen MR) is 72.0 cm³/mol. The molecule has 0 aliphatic heterocycles. The fourth-order valence-electron chi connectivity index (χ4n) is 1.34. The van der Waals surface area contributed by atoms with Gasteiger partial charge in [0.1, 0.15) is 0 Å². The van der Waals surface area contributed by atoms with Crippen LogP contribution in [0, 0.1) is 6.42 Å². The number of carbonyl (C=O) groups excluding carboxylic acids is 1. The number of carboxylic acid groups (broad SMARTS) is 1. The second kappa shape index (κ2) is 9.33. The summed E-state index contributed by atoms with van der Waals surface area (Å²) in [6, 6.07) is 0. The van der Waals surface area contributed by atoms with Gasteiger partial charge in [0.2, 0.25) is 5.91 Å². The van der Waals surface area contributed by atoms with Gasteiger partial charge in [0.25, 0.3) is 0 Å². The highest BCUT2D eigenvalue weighted by molar-refractivity contribution is 5.88. The highest BCUT2D eigenvalue weighted by atomic mass is 16.4. The molecule has 0 saturated heterocycles. The minimum absolute atomic E-state index is 0.0799. The molecule has 0 aliphatic rings. The maximum absolute atomic E-state index is 11.4. The Morgan fingerprint density at radius 1 is 1.33 bits per heavy atom. The van der Waals surface area contributed by atoms with Gasteiger partial charge in [0, 0.05) is 38.5 Å². The molecule has 0 atom stereocenters. The summed E-state index contributed by atoms with van der Waals surface area (Å²) in [6.07, 6.45) is 5.84. The van der Waals surface area contributed by atoms with Gasteiger partial charge in [0.05, 0.1) is 5.57 Å². The fourth-order valence-corrected chi connectivity index (χ4v) is 1.34. The Kier molecular flexibility index (Phi) is 8.45. The van der Waals surface area contributed by atoms with Gasteiger partial charge in [0.15, 0.2) is 0 Å². The van der Waals surface area contributed by atoms with Crippen LogP contribution >= 0.6 is 0 Å². The van der Waals surface area contributed by atoms with Crippen molar-refractivity contribution in [2.24, 2.45) is 0 Å². The molecule has 0 aromatic rings. The van der Waals surface area contributed by atoms with Crippen molar-refractivity contribution in [3.63, 3.8) is 0 Å². The SMILES string of the molecule is C=C(C)[CH+]CC/C(C)=C/C(=O)NCCCC(=O)O. The van der Waals surface area contributed by atoms with Crippen molar-refractivity contribution in [1.29, 1.82) is 0 Å². The van der Waals surface area contributed by atoms with Crippen LogP contribution in [0.3, 0.4) is 0 Å². The molecule has 0 aromatic carbocycles. The third-order valence-electron chi connectivity index (χ3n) is 2.28. The van der Waals surface area contributed by atoms with Gasteiger partial charge in [-0.25, -0.2) is 0 Å². The zero-order chi connectivity index (χ0) is 14.0. The van der Waals surface area contributed by atoms with Crippen LogP contribution in [-0.2, 0) is 9.59 Å². The Morgan fingerprint density at radius 3 is 2.56 bits per heavy atom. The number of hydrogen-bond acceptors (Lipinski definition) is 2. The summed E-state index contributed by atoms with van der Waals surface area (Å²) in [5.41, 5.74) is 2.03. The molecule has 0 spiro atoms. The van der Waals surface area contributed by atoms with E-state index < -0.39 is 5.97 Å². The minimum Gasteiger partial charge on any atom is -0.481 e. The summed E-state index contributed by atoms with van der Waals surface area (Å²) >= 11 is 0. The molecule has 0 heterocycles. The number of amides is 1. The van der Waals surface area contributed by atoms with Gasteiger partial charge in [-0.05, 0) is 26.7 Å². The third kappa shape index (κ3) is 10.8. The summed E-state index contributed by atoms with van der Waals surface area (Å²) in [5, 5.41) is 11.1. The van der Waals surface area contributed by atoms with Crippen LogP contribution in [0.4, 0.5) is 0 Å². The zero-order valence-electron chi connectivity index (χ0n) is 11.2. The van der Waals surface area contributed by atoms with E-state index in [0.717, 1.165) is 24.0 Å². The van der Waals surface area contributed by atoms with Crippen molar-refractivity contribution >= 4 is 11.9 Å². The van der Waals surface area contributed by atoms with Crippen LogP contribution in [-0.4, -0.2) is 23.5 Å². The van der Waals surface area contributed by atoms with Crippen molar-refractivity contribution in [2.45, 2.75) is 39.5 Å². The number of rotatable bonds is 9. The maximum Gasteiger partial charge on any atom is 0.303 e. The van der Waals surface area contributed by atoms with Gasteiger partial charge < -0.3 is 10.4 Å². The van der Waals surface area contributed by atoms with E-state index in [0.29, 0.717) is 13.0 Å². The predicted octanol–water partition coefficient (Wildman–Crippen LogP) is 2.47.